The molecule has 88 valence electrons. The second kappa shape index (κ2) is 3.75. The molecule has 2 rings (SSSR count). The molecule has 8 heteroatoms. The highest BCUT2D eigenvalue weighted by atomic mass is 32.2. The highest BCUT2D eigenvalue weighted by Crippen LogP contribution is 2.29. The number of nitrogens with two attached hydrogens (primary N) is 1. The van der Waals surface area contributed by atoms with E-state index in [1.807, 2.05) is 0 Å². The van der Waals surface area contributed by atoms with Crippen LogP contribution in [0.1, 0.15) is 0 Å². The molecule has 17 heavy (non-hydrogen) atoms. The van der Waals surface area contributed by atoms with E-state index in [4.69, 9.17) is 5.14 Å². The monoisotopic (exact) mass is 253 g/mol. The van der Waals surface area contributed by atoms with E-state index in [0.717, 1.165) is 6.20 Å². The molecule has 0 aliphatic rings. The van der Waals surface area contributed by atoms with Gasteiger partial charge in [0.1, 0.15) is 6.20 Å². The first-order chi connectivity index (χ1) is 7.91. The van der Waals surface area contributed by atoms with Crippen molar-refractivity contribution < 1.29 is 13.3 Å². The number of nitro groups is 1. The average Bonchev–Trinajstić information content (AvgIpc) is 2.26. The Balaban J connectivity index is 3.00. The second-order valence-corrected chi connectivity index (χ2v) is 4.79. The molecule has 0 saturated heterocycles. The smallest absolute Gasteiger partial charge is 0.258 e. The van der Waals surface area contributed by atoms with E-state index in [2.05, 4.69) is 4.98 Å². The highest BCUT2D eigenvalue weighted by molar-refractivity contribution is 7.89. The maximum atomic E-state index is 11.4. The maximum absolute atomic E-state index is 11.4. The van der Waals surface area contributed by atoms with E-state index in [1.54, 1.807) is 18.2 Å². The van der Waals surface area contributed by atoms with Crippen molar-refractivity contribution in [3.63, 3.8) is 0 Å². The van der Waals surface area contributed by atoms with Crippen LogP contribution in [0.2, 0.25) is 0 Å². The predicted molar refractivity (Wildman–Crippen MR) is 59.8 cm³/mol. The molecule has 1 aromatic carbocycles. The summed E-state index contributed by atoms with van der Waals surface area (Å²) in [5, 5.41) is 15.9. The number of sulfonamides is 1. The molecule has 0 spiro atoms. The van der Waals surface area contributed by atoms with E-state index >= 15 is 0 Å². The first-order valence-electron chi connectivity index (χ1n) is 4.46. The molecule has 7 nitrogen and oxygen atoms in total. The maximum Gasteiger partial charge on any atom is 0.308 e. The number of aromatic nitrogens is 1. The zero-order valence-electron chi connectivity index (χ0n) is 8.40. The quantitative estimate of drug-likeness (QED) is 0.627. The Hall–Kier alpha value is -2.06. The number of para-hydroxylation sites is 1. The Kier molecular flexibility index (Phi) is 2.52. The molecule has 0 saturated carbocycles. The standard InChI is InChI=1S/C9H7N3O4S/c10-17(15,16)9-6-3-1-2-4-7(6)11-5-8(9)12(13)14/h1-5H,(H2,10,15,16). The van der Waals surface area contributed by atoms with Crippen molar-refractivity contribution in [1.82, 2.24) is 4.98 Å². The lowest BCUT2D eigenvalue weighted by Crippen LogP contribution is -2.15. The third-order valence-corrected chi connectivity index (χ3v) is 3.19. The molecule has 0 amide bonds. The molecule has 0 fully saturated rings. The third-order valence-electron chi connectivity index (χ3n) is 2.19. The zero-order valence-corrected chi connectivity index (χ0v) is 9.22. The molecule has 0 aliphatic heterocycles. The Morgan fingerprint density at radius 3 is 2.53 bits per heavy atom. The molecule has 1 heterocycles. The lowest BCUT2D eigenvalue weighted by Gasteiger charge is -2.04. The summed E-state index contributed by atoms with van der Waals surface area (Å²) in [5.41, 5.74) is -0.284. The third kappa shape index (κ3) is 1.95. The second-order valence-electron chi connectivity index (χ2n) is 3.29. The Bertz CT molecular complexity index is 711. The van der Waals surface area contributed by atoms with E-state index in [0.29, 0.717) is 5.52 Å². The van der Waals surface area contributed by atoms with Gasteiger partial charge in [-0.2, -0.15) is 0 Å². The number of benzene rings is 1. The number of rotatable bonds is 2. The highest BCUT2D eigenvalue weighted by Gasteiger charge is 2.26. The topological polar surface area (TPSA) is 116 Å². The van der Waals surface area contributed by atoms with Gasteiger partial charge < -0.3 is 0 Å². The number of pyridine rings is 1. The molecular weight excluding hydrogens is 246 g/mol. The van der Waals surface area contributed by atoms with Crippen LogP contribution in [-0.2, 0) is 10.0 Å². The van der Waals surface area contributed by atoms with Crippen LogP contribution in [0.5, 0.6) is 0 Å². The minimum absolute atomic E-state index is 0.143. The van der Waals surface area contributed by atoms with Gasteiger partial charge in [-0.25, -0.2) is 18.5 Å². The number of hydrogen-bond acceptors (Lipinski definition) is 5. The molecule has 2 N–H and O–H groups in total. The summed E-state index contributed by atoms with van der Waals surface area (Å²) in [7, 11) is -4.19. The van der Waals surface area contributed by atoms with Crippen molar-refractivity contribution in [3.8, 4) is 0 Å². The van der Waals surface area contributed by atoms with Gasteiger partial charge >= 0.3 is 5.69 Å². The van der Waals surface area contributed by atoms with Gasteiger partial charge in [-0.15, -0.1) is 0 Å². The van der Waals surface area contributed by atoms with Gasteiger partial charge in [0.05, 0.1) is 10.4 Å². The van der Waals surface area contributed by atoms with Crippen LogP contribution in [0.15, 0.2) is 35.4 Å². The first kappa shape index (κ1) is 11.4. The van der Waals surface area contributed by atoms with Crippen LogP contribution < -0.4 is 5.14 Å². The predicted octanol–water partition coefficient (Wildman–Crippen LogP) is 0.790. The van der Waals surface area contributed by atoms with Gasteiger partial charge in [-0.05, 0) is 6.07 Å². The molecule has 0 aliphatic carbocycles. The summed E-state index contributed by atoms with van der Waals surface area (Å²) in [6, 6.07) is 6.18. The van der Waals surface area contributed by atoms with Crippen molar-refractivity contribution in [3.05, 3.63) is 40.6 Å². The van der Waals surface area contributed by atoms with Crippen molar-refractivity contribution in [1.29, 1.82) is 0 Å². The molecule has 1 aromatic heterocycles. The van der Waals surface area contributed by atoms with Gasteiger partial charge in [-0.1, -0.05) is 18.2 Å². The van der Waals surface area contributed by atoms with Crippen molar-refractivity contribution in [2.24, 2.45) is 5.14 Å². The van der Waals surface area contributed by atoms with Crippen LogP contribution >= 0.6 is 0 Å². The van der Waals surface area contributed by atoms with Crippen LogP contribution in [0.3, 0.4) is 0 Å². The Labute approximate surface area is 96.1 Å². The van der Waals surface area contributed by atoms with Gasteiger partial charge in [0.15, 0.2) is 4.90 Å². The molecule has 0 atom stereocenters. The molecule has 0 radical (unpaired) electrons. The fourth-order valence-electron chi connectivity index (χ4n) is 1.53. The molecule has 2 aromatic rings. The normalized spacial score (nSPS) is 11.6. The van der Waals surface area contributed by atoms with Gasteiger partial charge in [0, 0.05) is 5.39 Å². The lowest BCUT2D eigenvalue weighted by atomic mass is 10.2. The van der Waals surface area contributed by atoms with Gasteiger partial charge in [-0.3, -0.25) is 10.1 Å². The first-order valence-corrected chi connectivity index (χ1v) is 6.01. The van der Waals surface area contributed by atoms with Crippen LogP contribution in [0.4, 0.5) is 5.69 Å². The molecule has 0 unspecified atom stereocenters. The van der Waals surface area contributed by atoms with E-state index < -0.39 is 25.5 Å². The Morgan fingerprint density at radius 2 is 1.94 bits per heavy atom. The lowest BCUT2D eigenvalue weighted by molar-refractivity contribution is -0.387. The number of fused-ring (bicyclic) bond motifs is 1. The van der Waals surface area contributed by atoms with Gasteiger partial charge in [0.25, 0.3) is 0 Å². The fraction of sp³-hybridized carbons (Fsp3) is 0. The number of primary sulfonamides is 1. The summed E-state index contributed by atoms with van der Waals surface area (Å²) in [6.45, 7) is 0. The minimum atomic E-state index is -4.19. The minimum Gasteiger partial charge on any atom is -0.258 e. The SMILES string of the molecule is NS(=O)(=O)c1c([N+](=O)[O-])cnc2ccccc12. The summed E-state index contributed by atoms with van der Waals surface area (Å²) >= 11 is 0. The molecular formula is C9H7N3O4S. The summed E-state index contributed by atoms with van der Waals surface area (Å²) in [6.07, 6.45) is 0.891. The molecule has 0 bridgehead atoms. The summed E-state index contributed by atoms with van der Waals surface area (Å²) in [5.74, 6) is 0. The van der Waals surface area contributed by atoms with Crippen LogP contribution in [0, 0.1) is 10.1 Å². The zero-order chi connectivity index (χ0) is 12.6. The van der Waals surface area contributed by atoms with E-state index in [1.165, 1.54) is 6.07 Å². The largest absolute Gasteiger partial charge is 0.308 e. The average molecular weight is 253 g/mol. The summed E-state index contributed by atoms with van der Waals surface area (Å²) in [4.78, 5) is 13.2. The van der Waals surface area contributed by atoms with Gasteiger partial charge in [0.2, 0.25) is 10.0 Å². The fourth-order valence-corrected chi connectivity index (χ4v) is 2.43. The Morgan fingerprint density at radius 1 is 1.29 bits per heavy atom. The van der Waals surface area contributed by atoms with Crippen molar-refractivity contribution in [2.45, 2.75) is 4.90 Å². The van der Waals surface area contributed by atoms with Crippen molar-refractivity contribution >= 4 is 26.6 Å². The van der Waals surface area contributed by atoms with E-state index in [-0.39, 0.29) is 5.39 Å². The number of nitrogens with zero attached hydrogens (tertiary/aromatic N) is 2. The van der Waals surface area contributed by atoms with Crippen molar-refractivity contribution in [2.75, 3.05) is 0 Å². The summed E-state index contributed by atoms with van der Waals surface area (Å²) < 4.78 is 22.8. The van der Waals surface area contributed by atoms with E-state index in [9.17, 15) is 18.5 Å². The van der Waals surface area contributed by atoms with Crippen LogP contribution in [-0.4, -0.2) is 18.3 Å². The van der Waals surface area contributed by atoms with Crippen LogP contribution in [0.25, 0.3) is 10.9 Å². The number of hydrogen-bond donors (Lipinski definition) is 1.